The van der Waals surface area contributed by atoms with E-state index in [1.165, 1.54) is 29.2 Å². The number of anilines is 2. The topological polar surface area (TPSA) is 95.6 Å². The van der Waals surface area contributed by atoms with Crippen LogP contribution in [-0.2, 0) is 25.2 Å². The molecule has 2 aromatic rings. The lowest BCUT2D eigenvalue weighted by molar-refractivity contribution is -0.124. The van der Waals surface area contributed by atoms with Gasteiger partial charge in [0.05, 0.1) is 0 Å². The van der Waals surface area contributed by atoms with Crippen LogP contribution >= 0.6 is 0 Å². The number of carbonyl (C=O) groups excluding carboxylic acids is 3. The summed E-state index contributed by atoms with van der Waals surface area (Å²) in [4.78, 5) is 38.7. The molecule has 7 nitrogen and oxygen atoms in total. The smallest absolute Gasteiger partial charge is 0.240 e. The highest BCUT2D eigenvalue weighted by Gasteiger charge is 2.24. The van der Waals surface area contributed by atoms with Crippen LogP contribution in [0.15, 0.2) is 48.5 Å². The highest BCUT2D eigenvalue weighted by atomic mass is 32.2. The van der Waals surface area contributed by atoms with Crippen molar-refractivity contribution < 1.29 is 23.0 Å². The fourth-order valence-electron chi connectivity index (χ4n) is 2.79. The monoisotopic (exact) mass is 461 g/mol. The van der Waals surface area contributed by atoms with Gasteiger partial charge in [-0.2, -0.15) is 0 Å². The molecule has 0 radical (unpaired) electrons. The van der Waals surface area contributed by atoms with Crippen LogP contribution in [0.4, 0.5) is 15.8 Å². The van der Waals surface area contributed by atoms with Gasteiger partial charge in [0.15, 0.2) is 0 Å². The van der Waals surface area contributed by atoms with Crippen molar-refractivity contribution in [3.05, 3.63) is 59.9 Å². The molecule has 0 heterocycles. The third-order valence-corrected chi connectivity index (χ3v) is 5.32. The molecule has 0 aliphatic rings. The van der Waals surface area contributed by atoms with Crippen molar-refractivity contribution in [3.8, 4) is 0 Å². The first-order chi connectivity index (χ1) is 14.9. The molecule has 9 heteroatoms. The third-order valence-electron chi connectivity index (χ3n) is 4.17. The van der Waals surface area contributed by atoms with E-state index in [-0.39, 0.29) is 12.5 Å². The Bertz CT molecular complexity index is 986. The van der Waals surface area contributed by atoms with Crippen LogP contribution in [0.5, 0.6) is 0 Å². The van der Waals surface area contributed by atoms with E-state index in [9.17, 15) is 23.0 Å². The summed E-state index contributed by atoms with van der Waals surface area (Å²) >= 11 is 0. The standard InChI is InChI=1S/C23H28FN3O4S/c1-16-5-11-19(12-6-16)27(13-20(28)26-23(2,3)4)22(30)15-32(31)14-21(29)25-18-9-7-17(24)8-10-18/h5-12H,13-15H2,1-4H3,(H,25,29)(H,26,28)/t32-/m0/s1. The van der Waals surface area contributed by atoms with E-state index in [1.54, 1.807) is 12.1 Å². The van der Waals surface area contributed by atoms with Crippen molar-refractivity contribution in [1.29, 1.82) is 0 Å². The summed E-state index contributed by atoms with van der Waals surface area (Å²) in [5.41, 5.74) is 1.37. The van der Waals surface area contributed by atoms with Gasteiger partial charge in [0.25, 0.3) is 0 Å². The number of aryl methyl sites for hydroxylation is 1. The van der Waals surface area contributed by atoms with Gasteiger partial charge in [-0.15, -0.1) is 0 Å². The van der Waals surface area contributed by atoms with Gasteiger partial charge in [-0.25, -0.2) is 4.39 Å². The van der Waals surface area contributed by atoms with Crippen molar-refractivity contribution in [3.63, 3.8) is 0 Å². The minimum atomic E-state index is -1.80. The van der Waals surface area contributed by atoms with Crippen molar-refractivity contribution in [2.75, 3.05) is 28.3 Å². The largest absolute Gasteiger partial charge is 0.350 e. The highest BCUT2D eigenvalue weighted by molar-refractivity contribution is 7.86. The maximum absolute atomic E-state index is 13.0. The molecule has 1 atom stereocenters. The summed E-state index contributed by atoms with van der Waals surface area (Å²) < 4.78 is 25.4. The average Bonchev–Trinajstić information content (AvgIpc) is 2.67. The fraction of sp³-hybridized carbons (Fsp3) is 0.348. The molecule has 0 saturated heterocycles. The lowest BCUT2D eigenvalue weighted by Gasteiger charge is -2.26. The molecular formula is C23H28FN3O4S. The van der Waals surface area contributed by atoms with Gasteiger partial charge in [-0.3, -0.25) is 18.6 Å². The normalized spacial score (nSPS) is 12.0. The molecule has 2 aromatic carbocycles. The van der Waals surface area contributed by atoms with E-state index >= 15 is 0 Å². The SMILES string of the molecule is Cc1ccc(N(CC(=O)NC(C)(C)C)C(=O)C[S@@](=O)CC(=O)Nc2ccc(F)cc2)cc1. The first kappa shape index (κ1) is 25.2. The van der Waals surface area contributed by atoms with Gasteiger partial charge in [-0.05, 0) is 64.1 Å². The van der Waals surface area contributed by atoms with E-state index in [0.717, 1.165) is 5.56 Å². The Morgan fingerprint density at radius 3 is 2.09 bits per heavy atom. The Kier molecular flexibility index (Phi) is 8.65. The molecule has 0 fully saturated rings. The van der Waals surface area contributed by atoms with Gasteiger partial charge in [0, 0.05) is 27.7 Å². The van der Waals surface area contributed by atoms with Crippen LogP contribution in [0, 0.1) is 12.7 Å². The predicted molar refractivity (Wildman–Crippen MR) is 124 cm³/mol. The zero-order chi connectivity index (χ0) is 23.9. The number of nitrogens with zero attached hydrogens (tertiary/aromatic N) is 1. The first-order valence-electron chi connectivity index (χ1n) is 10.0. The summed E-state index contributed by atoms with van der Waals surface area (Å²) in [6, 6.07) is 12.2. The second-order valence-corrected chi connectivity index (χ2v) is 9.85. The molecule has 0 saturated carbocycles. The molecule has 0 aromatic heterocycles. The summed E-state index contributed by atoms with van der Waals surface area (Å²) in [5, 5.41) is 5.31. The summed E-state index contributed by atoms with van der Waals surface area (Å²) in [6.07, 6.45) is 0. The van der Waals surface area contributed by atoms with Gasteiger partial charge < -0.3 is 15.5 Å². The second kappa shape index (κ2) is 11.0. The minimum absolute atomic E-state index is 0.238. The van der Waals surface area contributed by atoms with Crippen molar-refractivity contribution in [1.82, 2.24) is 5.32 Å². The Hall–Kier alpha value is -3.07. The average molecular weight is 462 g/mol. The summed E-state index contributed by atoms with van der Waals surface area (Å²) in [5.74, 6) is -2.72. The van der Waals surface area contributed by atoms with Crippen LogP contribution in [0.25, 0.3) is 0 Å². The number of hydrogen-bond acceptors (Lipinski definition) is 4. The number of amides is 3. The van der Waals surface area contributed by atoms with Gasteiger partial charge in [-0.1, -0.05) is 17.7 Å². The van der Waals surface area contributed by atoms with Crippen LogP contribution in [0.2, 0.25) is 0 Å². The number of hydrogen-bond donors (Lipinski definition) is 2. The number of halogens is 1. The highest BCUT2D eigenvalue weighted by Crippen LogP contribution is 2.16. The number of rotatable bonds is 8. The molecule has 172 valence electrons. The van der Waals surface area contributed by atoms with E-state index in [4.69, 9.17) is 0 Å². The first-order valence-corrected chi connectivity index (χ1v) is 11.5. The zero-order valence-electron chi connectivity index (χ0n) is 18.6. The quantitative estimate of drug-likeness (QED) is 0.632. The molecule has 32 heavy (non-hydrogen) atoms. The molecule has 0 spiro atoms. The van der Waals surface area contributed by atoms with Crippen molar-refractivity contribution >= 4 is 39.9 Å². The Morgan fingerprint density at radius 2 is 1.53 bits per heavy atom. The Morgan fingerprint density at radius 1 is 0.938 bits per heavy atom. The maximum atomic E-state index is 13.0. The molecule has 0 aliphatic carbocycles. The lowest BCUT2D eigenvalue weighted by Crippen LogP contribution is -2.48. The number of nitrogens with one attached hydrogen (secondary N) is 2. The molecule has 0 aliphatic heterocycles. The fourth-order valence-corrected chi connectivity index (χ4v) is 3.69. The van der Waals surface area contributed by atoms with E-state index in [1.807, 2.05) is 39.8 Å². The van der Waals surface area contributed by atoms with Crippen LogP contribution < -0.4 is 15.5 Å². The van der Waals surface area contributed by atoms with Crippen molar-refractivity contribution in [2.45, 2.75) is 33.2 Å². The zero-order valence-corrected chi connectivity index (χ0v) is 19.4. The van der Waals surface area contributed by atoms with Gasteiger partial charge >= 0.3 is 0 Å². The van der Waals surface area contributed by atoms with Crippen LogP contribution in [0.1, 0.15) is 26.3 Å². The molecule has 0 unspecified atom stereocenters. The van der Waals surface area contributed by atoms with Crippen LogP contribution in [0.3, 0.4) is 0 Å². The van der Waals surface area contributed by atoms with Gasteiger partial charge in [0.2, 0.25) is 17.7 Å². The summed E-state index contributed by atoms with van der Waals surface area (Å²) in [6.45, 7) is 7.16. The van der Waals surface area contributed by atoms with E-state index in [0.29, 0.717) is 11.4 Å². The number of benzene rings is 2. The predicted octanol–water partition coefficient (Wildman–Crippen LogP) is 2.77. The lowest BCUT2D eigenvalue weighted by atomic mass is 10.1. The van der Waals surface area contributed by atoms with Crippen LogP contribution in [-0.4, -0.2) is 45.5 Å². The van der Waals surface area contributed by atoms with E-state index < -0.39 is 45.5 Å². The molecular weight excluding hydrogens is 433 g/mol. The molecule has 3 amide bonds. The Labute approximate surface area is 189 Å². The van der Waals surface area contributed by atoms with Gasteiger partial charge in [0.1, 0.15) is 23.9 Å². The molecule has 2 N–H and O–H groups in total. The second-order valence-electron chi connectivity index (χ2n) is 8.40. The molecule has 0 bridgehead atoms. The minimum Gasteiger partial charge on any atom is -0.350 e. The van der Waals surface area contributed by atoms with Crippen molar-refractivity contribution in [2.24, 2.45) is 0 Å². The van der Waals surface area contributed by atoms with E-state index in [2.05, 4.69) is 10.6 Å². The Balaban J connectivity index is 2.04. The maximum Gasteiger partial charge on any atom is 0.240 e. The third kappa shape index (κ3) is 8.58. The molecule has 2 rings (SSSR count). The number of carbonyl (C=O) groups is 3. The summed E-state index contributed by atoms with van der Waals surface area (Å²) in [7, 11) is -1.80.